The summed E-state index contributed by atoms with van der Waals surface area (Å²) in [7, 11) is 0. The summed E-state index contributed by atoms with van der Waals surface area (Å²) in [6, 6.07) is 2.59. The van der Waals surface area contributed by atoms with Gasteiger partial charge >= 0.3 is 12.1 Å². The maximum Gasteiger partial charge on any atom is 0.419 e. The highest BCUT2D eigenvalue weighted by Gasteiger charge is 2.36. The first-order chi connectivity index (χ1) is 9.18. The molecule has 0 radical (unpaired) electrons. The van der Waals surface area contributed by atoms with Crippen LogP contribution in [0.25, 0.3) is 0 Å². The molecular formula is C14H16F4O2. The van der Waals surface area contributed by atoms with Crippen LogP contribution < -0.4 is 0 Å². The number of carbonyl (C=O) groups is 1. The zero-order valence-electron chi connectivity index (χ0n) is 11.4. The number of carbonyl (C=O) groups excluding carboxylic acids is 1. The first-order valence-corrected chi connectivity index (χ1v) is 6.21. The van der Waals surface area contributed by atoms with Gasteiger partial charge in [-0.05, 0) is 30.5 Å². The first-order valence-electron chi connectivity index (χ1n) is 6.21. The van der Waals surface area contributed by atoms with Gasteiger partial charge in [-0.3, -0.25) is 4.79 Å². The van der Waals surface area contributed by atoms with E-state index in [1.807, 2.05) is 0 Å². The van der Waals surface area contributed by atoms with Crippen molar-refractivity contribution in [3.63, 3.8) is 0 Å². The summed E-state index contributed by atoms with van der Waals surface area (Å²) in [5.41, 5.74) is -1.27. The van der Waals surface area contributed by atoms with Gasteiger partial charge in [0.2, 0.25) is 0 Å². The van der Waals surface area contributed by atoms with Gasteiger partial charge in [0.25, 0.3) is 0 Å². The molecule has 6 heteroatoms. The third-order valence-electron chi connectivity index (χ3n) is 2.86. The molecule has 0 saturated carbocycles. The van der Waals surface area contributed by atoms with Gasteiger partial charge in [0.1, 0.15) is 5.82 Å². The number of hydrogen-bond acceptors (Lipinski definition) is 2. The summed E-state index contributed by atoms with van der Waals surface area (Å²) in [6.45, 7) is 5.13. The number of ether oxygens (including phenoxy) is 1. The summed E-state index contributed by atoms with van der Waals surface area (Å²) < 4.78 is 56.2. The van der Waals surface area contributed by atoms with Crippen LogP contribution in [0, 0.1) is 11.7 Å². The monoisotopic (exact) mass is 292 g/mol. The van der Waals surface area contributed by atoms with Gasteiger partial charge < -0.3 is 4.74 Å². The summed E-state index contributed by atoms with van der Waals surface area (Å²) in [5.74, 6) is -3.08. The van der Waals surface area contributed by atoms with E-state index >= 15 is 0 Å². The molecule has 0 amide bonds. The molecule has 0 bridgehead atoms. The van der Waals surface area contributed by atoms with E-state index in [4.69, 9.17) is 4.74 Å². The fraction of sp³-hybridized carbons (Fsp3) is 0.500. The molecule has 0 aromatic heterocycles. The van der Waals surface area contributed by atoms with Crippen molar-refractivity contribution in [2.45, 2.75) is 32.9 Å². The molecule has 0 heterocycles. The second-order valence-electron chi connectivity index (χ2n) is 4.71. The highest BCUT2D eigenvalue weighted by atomic mass is 19.4. The van der Waals surface area contributed by atoms with E-state index in [0.29, 0.717) is 6.07 Å². The second-order valence-corrected chi connectivity index (χ2v) is 4.71. The smallest absolute Gasteiger partial charge is 0.419 e. The third-order valence-corrected chi connectivity index (χ3v) is 2.86. The number of alkyl halides is 3. The molecule has 1 atom stereocenters. The number of benzene rings is 1. The van der Waals surface area contributed by atoms with Crippen molar-refractivity contribution in [1.29, 1.82) is 0 Å². The minimum absolute atomic E-state index is 0.104. The zero-order valence-corrected chi connectivity index (χ0v) is 11.4. The van der Waals surface area contributed by atoms with Crippen molar-refractivity contribution in [1.82, 2.24) is 0 Å². The molecular weight excluding hydrogens is 276 g/mol. The Morgan fingerprint density at radius 3 is 2.35 bits per heavy atom. The predicted octanol–water partition coefficient (Wildman–Crippen LogP) is 4.15. The standard InChI is InChI=1S/C14H16F4O2/c1-4-20-13(19)12(8(2)3)9-5-6-11(15)10(7-9)14(16,17)18/h5-8,12H,4H2,1-3H3. The van der Waals surface area contributed by atoms with Crippen molar-refractivity contribution < 1.29 is 27.1 Å². The summed E-state index contributed by atoms with van der Waals surface area (Å²) >= 11 is 0. The van der Waals surface area contributed by atoms with Gasteiger partial charge in [-0.25, -0.2) is 4.39 Å². The lowest BCUT2D eigenvalue weighted by Gasteiger charge is -2.20. The average molecular weight is 292 g/mol. The Morgan fingerprint density at radius 1 is 1.30 bits per heavy atom. The Morgan fingerprint density at radius 2 is 1.90 bits per heavy atom. The Hall–Kier alpha value is -1.59. The minimum atomic E-state index is -4.80. The van der Waals surface area contributed by atoms with Crippen LogP contribution in [0.4, 0.5) is 17.6 Å². The van der Waals surface area contributed by atoms with E-state index in [1.54, 1.807) is 20.8 Å². The molecule has 0 saturated heterocycles. The summed E-state index contributed by atoms with van der Waals surface area (Å²) in [4.78, 5) is 11.8. The normalized spacial score (nSPS) is 13.4. The Kier molecular flexibility index (Phi) is 5.14. The van der Waals surface area contributed by atoms with Crippen LogP contribution in [0.3, 0.4) is 0 Å². The Balaban J connectivity index is 3.26. The molecule has 1 aromatic carbocycles. The first kappa shape index (κ1) is 16.5. The number of halogens is 4. The topological polar surface area (TPSA) is 26.3 Å². The molecule has 1 rings (SSSR count). The van der Waals surface area contributed by atoms with Crippen LogP contribution in [-0.2, 0) is 15.7 Å². The molecule has 20 heavy (non-hydrogen) atoms. The second kappa shape index (κ2) is 6.24. The predicted molar refractivity (Wildman–Crippen MR) is 65.6 cm³/mol. The summed E-state index contributed by atoms with van der Waals surface area (Å²) in [5, 5.41) is 0. The molecule has 0 fully saturated rings. The van der Waals surface area contributed by atoms with Gasteiger partial charge in [0.05, 0.1) is 18.1 Å². The van der Waals surface area contributed by atoms with Crippen molar-refractivity contribution >= 4 is 5.97 Å². The van der Waals surface area contributed by atoms with Crippen molar-refractivity contribution in [3.8, 4) is 0 Å². The maximum atomic E-state index is 13.2. The molecule has 1 unspecified atom stereocenters. The lowest BCUT2D eigenvalue weighted by molar-refractivity contribution is -0.146. The Bertz CT molecular complexity index is 481. The molecule has 0 spiro atoms. The van der Waals surface area contributed by atoms with E-state index in [2.05, 4.69) is 0 Å². The van der Waals surface area contributed by atoms with Crippen molar-refractivity contribution in [3.05, 3.63) is 35.1 Å². The minimum Gasteiger partial charge on any atom is -0.466 e. The van der Waals surface area contributed by atoms with E-state index in [1.165, 1.54) is 6.07 Å². The molecule has 1 aromatic rings. The number of hydrogen-bond donors (Lipinski definition) is 0. The van der Waals surface area contributed by atoms with Crippen molar-refractivity contribution in [2.75, 3.05) is 6.61 Å². The number of esters is 1. The molecule has 112 valence electrons. The van der Waals surface area contributed by atoms with E-state index in [0.717, 1.165) is 6.07 Å². The third kappa shape index (κ3) is 3.71. The van der Waals surface area contributed by atoms with Crippen molar-refractivity contribution in [2.24, 2.45) is 5.92 Å². The van der Waals surface area contributed by atoms with Crippen LogP contribution in [0.2, 0.25) is 0 Å². The fourth-order valence-electron chi connectivity index (χ4n) is 1.98. The van der Waals surface area contributed by atoms with Crippen LogP contribution in [-0.4, -0.2) is 12.6 Å². The highest BCUT2D eigenvalue weighted by molar-refractivity contribution is 5.78. The van der Waals surface area contributed by atoms with Crippen LogP contribution in [0.5, 0.6) is 0 Å². The van der Waals surface area contributed by atoms with Gasteiger partial charge in [-0.1, -0.05) is 19.9 Å². The van der Waals surface area contributed by atoms with Gasteiger partial charge in [-0.15, -0.1) is 0 Å². The molecule has 0 N–H and O–H groups in total. The van der Waals surface area contributed by atoms with E-state index < -0.39 is 29.4 Å². The van der Waals surface area contributed by atoms with Gasteiger partial charge in [0.15, 0.2) is 0 Å². The summed E-state index contributed by atoms with van der Waals surface area (Å²) in [6.07, 6.45) is -4.80. The van der Waals surface area contributed by atoms with Crippen LogP contribution in [0.1, 0.15) is 37.8 Å². The fourth-order valence-corrected chi connectivity index (χ4v) is 1.98. The molecule has 0 aliphatic heterocycles. The van der Waals surface area contributed by atoms with E-state index in [-0.39, 0.29) is 18.1 Å². The lowest BCUT2D eigenvalue weighted by Crippen LogP contribution is -2.22. The molecule has 0 aliphatic carbocycles. The van der Waals surface area contributed by atoms with Crippen LogP contribution in [0.15, 0.2) is 18.2 Å². The number of rotatable bonds is 4. The SMILES string of the molecule is CCOC(=O)C(c1ccc(F)c(C(F)(F)F)c1)C(C)C. The maximum absolute atomic E-state index is 13.2. The quantitative estimate of drug-likeness (QED) is 0.615. The highest BCUT2D eigenvalue weighted by Crippen LogP contribution is 2.35. The molecule has 2 nitrogen and oxygen atoms in total. The van der Waals surface area contributed by atoms with E-state index in [9.17, 15) is 22.4 Å². The molecule has 0 aliphatic rings. The largest absolute Gasteiger partial charge is 0.466 e. The zero-order chi connectivity index (χ0) is 15.5. The Labute approximate surface area is 114 Å². The average Bonchev–Trinajstić information content (AvgIpc) is 2.30. The van der Waals surface area contributed by atoms with Gasteiger partial charge in [0, 0.05) is 0 Å². The van der Waals surface area contributed by atoms with Crippen LogP contribution >= 0.6 is 0 Å². The van der Waals surface area contributed by atoms with Gasteiger partial charge in [-0.2, -0.15) is 13.2 Å². The lowest BCUT2D eigenvalue weighted by atomic mass is 9.87.